The molecule has 0 unspecified atom stereocenters. The van der Waals surface area contributed by atoms with Crippen molar-refractivity contribution in [3.05, 3.63) is 53.9 Å². The van der Waals surface area contributed by atoms with Gasteiger partial charge in [-0.1, -0.05) is 18.2 Å². The van der Waals surface area contributed by atoms with E-state index in [4.69, 9.17) is 10.5 Å². The van der Waals surface area contributed by atoms with Crippen LogP contribution in [-0.2, 0) is 11.3 Å². The lowest BCUT2D eigenvalue weighted by molar-refractivity contribution is -0.121. The molecule has 1 amide bonds. The quantitative estimate of drug-likeness (QED) is 0.796. The number of hydrogen-bond donors (Lipinski definition) is 2. The Kier molecular flexibility index (Phi) is 5.15. The minimum atomic E-state index is -0.0647. The fourth-order valence-corrected chi connectivity index (χ4v) is 1.76. The zero-order valence-electron chi connectivity index (χ0n) is 12.0. The third-order valence-corrected chi connectivity index (χ3v) is 2.97. The van der Waals surface area contributed by atoms with Crippen LogP contribution in [0.4, 0.5) is 5.69 Å². The normalized spacial score (nSPS) is 10.1. The zero-order valence-corrected chi connectivity index (χ0v) is 12.0. The predicted octanol–water partition coefficient (Wildman–Crippen LogP) is 2.06. The van der Waals surface area contributed by atoms with E-state index in [-0.39, 0.29) is 12.3 Å². The minimum absolute atomic E-state index is 0.0647. The first kappa shape index (κ1) is 14.8. The molecule has 110 valence electrons. The number of rotatable bonds is 6. The van der Waals surface area contributed by atoms with Crippen molar-refractivity contribution >= 4 is 11.6 Å². The molecule has 0 bridgehead atoms. The fraction of sp³-hybridized carbons (Fsp3) is 0.250. The molecule has 21 heavy (non-hydrogen) atoms. The Morgan fingerprint density at radius 1 is 1.29 bits per heavy atom. The molecule has 0 radical (unpaired) electrons. The molecule has 5 heteroatoms. The second-order valence-electron chi connectivity index (χ2n) is 4.72. The summed E-state index contributed by atoms with van der Waals surface area (Å²) in [6, 6.07) is 11.1. The Labute approximate surface area is 124 Å². The van der Waals surface area contributed by atoms with Crippen molar-refractivity contribution in [2.75, 3.05) is 12.3 Å². The van der Waals surface area contributed by atoms with Gasteiger partial charge < -0.3 is 15.8 Å². The molecule has 2 rings (SSSR count). The lowest BCUT2D eigenvalue weighted by atomic mass is 10.2. The smallest absolute Gasteiger partial charge is 0.223 e. The number of aryl methyl sites for hydroxylation is 1. The predicted molar refractivity (Wildman–Crippen MR) is 81.8 cm³/mol. The molecule has 0 aliphatic rings. The molecule has 0 spiro atoms. The lowest BCUT2D eigenvalue weighted by Gasteiger charge is -2.09. The maximum absolute atomic E-state index is 11.7. The van der Waals surface area contributed by atoms with Gasteiger partial charge in [0.2, 0.25) is 5.91 Å². The Morgan fingerprint density at radius 3 is 2.81 bits per heavy atom. The Morgan fingerprint density at radius 2 is 2.10 bits per heavy atom. The first-order chi connectivity index (χ1) is 10.1. The number of carbonyl (C=O) groups excluding carboxylic acids is 1. The summed E-state index contributed by atoms with van der Waals surface area (Å²) in [4.78, 5) is 15.9. The Hall–Kier alpha value is -2.56. The van der Waals surface area contributed by atoms with Crippen molar-refractivity contribution in [1.29, 1.82) is 0 Å². The molecule has 0 aliphatic heterocycles. The number of amides is 1. The summed E-state index contributed by atoms with van der Waals surface area (Å²) in [7, 11) is 0. The van der Waals surface area contributed by atoms with Gasteiger partial charge >= 0.3 is 0 Å². The Balaban J connectivity index is 1.70. The number of benzene rings is 1. The first-order valence-electron chi connectivity index (χ1n) is 6.80. The molecular weight excluding hydrogens is 266 g/mol. The molecule has 1 aromatic carbocycles. The van der Waals surface area contributed by atoms with E-state index in [9.17, 15) is 4.79 Å². The fourth-order valence-electron chi connectivity index (χ4n) is 1.76. The van der Waals surface area contributed by atoms with Gasteiger partial charge in [0.15, 0.2) is 0 Å². The van der Waals surface area contributed by atoms with Crippen LogP contribution in [0.1, 0.15) is 17.7 Å². The monoisotopic (exact) mass is 285 g/mol. The van der Waals surface area contributed by atoms with Crippen LogP contribution in [0.25, 0.3) is 0 Å². The van der Waals surface area contributed by atoms with Gasteiger partial charge in [0.1, 0.15) is 5.75 Å². The zero-order chi connectivity index (χ0) is 15.1. The molecule has 2 aromatic rings. The number of para-hydroxylation sites is 2. The molecule has 1 heterocycles. The van der Waals surface area contributed by atoms with Gasteiger partial charge in [0.05, 0.1) is 18.7 Å². The lowest BCUT2D eigenvalue weighted by Crippen LogP contribution is -2.24. The molecule has 0 saturated carbocycles. The number of pyridine rings is 1. The highest BCUT2D eigenvalue weighted by Gasteiger charge is 2.04. The molecule has 0 atom stereocenters. The van der Waals surface area contributed by atoms with E-state index in [0.29, 0.717) is 24.6 Å². The maximum atomic E-state index is 11.7. The number of carbonyl (C=O) groups is 1. The highest BCUT2D eigenvalue weighted by Crippen LogP contribution is 2.19. The van der Waals surface area contributed by atoms with Crippen LogP contribution in [0.3, 0.4) is 0 Å². The Bertz CT molecular complexity index is 597. The van der Waals surface area contributed by atoms with Crippen molar-refractivity contribution in [3.8, 4) is 5.75 Å². The standard InChI is InChI=1S/C16H19N3O2/c1-12-6-7-13(10-18-12)11-19-16(20)8-9-21-15-5-3-2-4-14(15)17/h2-7,10H,8-9,11,17H2,1H3,(H,19,20). The number of anilines is 1. The van der Waals surface area contributed by atoms with Crippen LogP contribution >= 0.6 is 0 Å². The first-order valence-corrected chi connectivity index (χ1v) is 6.80. The topological polar surface area (TPSA) is 77.2 Å². The van der Waals surface area contributed by atoms with Crippen molar-refractivity contribution in [3.63, 3.8) is 0 Å². The van der Waals surface area contributed by atoms with Gasteiger partial charge in [-0.25, -0.2) is 0 Å². The van der Waals surface area contributed by atoms with Crippen molar-refractivity contribution in [2.45, 2.75) is 19.9 Å². The van der Waals surface area contributed by atoms with Gasteiger partial charge in [-0.05, 0) is 30.7 Å². The third kappa shape index (κ3) is 4.80. The summed E-state index contributed by atoms with van der Waals surface area (Å²) in [5.74, 6) is 0.540. The van der Waals surface area contributed by atoms with Crippen LogP contribution in [0.2, 0.25) is 0 Å². The summed E-state index contributed by atoms with van der Waals surface area (Å²) in [5, 5.41) is 2.83. The highest BCUT2D eigenvalue weighted by atomic mass is 16.5. The van der Waals surface area contributed by atoms with E-state index in [2.05, 4.69) is 10.3 Å². The summed E-state index contributed by atoms with van der Waals surface area (Å²) in [6.45, 7) is 2.70. The summed E-state index contributed by atoms with van der Waals surface area (Å²) in [5.41, 5.74) is 8.26. The van der Waals surface area contributed by atoms with Crippen molar-refractivity contribution < 1.29 is 9.53 Å². The van der Waals surface area contributed by atoms with Gasteiger partial charge in [-0.3, -0.25) is 9.78 Å². The number of nitrogens with one attached hydrogen (secondary N) is 1. The average Bonchev–Trinajstić information content (AvgIpc) is 2.49. The second kappa shape index (κ2) is 7.28. The molecule has 0 saturated heterocycles. The molecule has 0 aliphatic carbocycles. The largest absolute Gasteiger partial charge is 0.491 e. The third-order valence-electron chi connectivity index (χ3n) is 2.97. The van der Waals surface area contributed by atoms with Crippen LogP contribution < -0.4 is 15.8 Å². The molecule has 1 aromatic heterocycles. The van der Waals surface area contributed by atoms with E-state index < -0.39 is 0 Å². The number of nitrogens with zero attached hydrogens (tertiary/aromatic N) is 1. The van der Waals surface area contributed by atoms with Gasteiger partial charge in [-0.15, -0.1) is 0 Å². The van der Waals surface area contributed by atoms with E-state index in [1.54, 1.807) is 18.3 Å². The molecule has 0 fully saturated rings. The van der Waals surface area contributed by atoms with E-state index >= 15 is 0 Å². The van der Waals surface area contributed by atoms with Gasteiger partial charge in [-0.2, -0.15) is 0 Å². The van der Waals surface area contributed by atoms with Crippen LogP contribution in [0.5, 0.6) is 5.75 Å². The van der Waals surface area contributed by atoms with Gasteiger partial charge in [0, 0.05) is 18.4 Å². The van der Waals surface area contributed by atoms with Crippen LogP contribution in [0, 0.1) is 6.92 Å². The number of nitrogen functional groups attached to an aromatic ring is 1. The molecule has 5 nitrogen and oxygen atoms in total. The van der Waals surface area contributed by atoms with E-state index in [1.807, 2.05) is 31.2 Å². The molecule has 3 N–H and O–H groups in total. The van der Waals surface area contributed by atoms with Crippen LogP contribution in [0.15, 0.2) is 42.6 Å². The van der Waals surface area contributed by atoms with Crippen molar-refractivity contribution in [2.24, 2.45) is 0 Å². The van der Waals surface area contributed by atoms with Crippen LogP contribution in [-0.4, -0.2) is 17.5 Å². The SMILES string of the molecule is Cc1ccc(CNC(=O)CCOc2ccccc2N)cn1. The molecular formula is C16H19N3O2. The van der Waals surface area contributed by atoms with Crippen molar-refractivity contribution in [1.82, 2.24) is 10.3 Å². The second-order valence-corrected chi connectivity index (χ2v) is 4.72. The number of ether oxygens (including phenoxy) is 1. The van der Waals surface area contributed by atoms with E-state index in [1.165, 1.54) is 0 Å². The van der Waals surface area contributed by atoms with E-state index in [0.717, 1.165) is 11.3 Å². The number of hydrogen-bond acceptors (Lipinski definition) is 4. The van der Waals surface area contributed by atoms with Gasteiger partial charge in [0.25, 0.3) is 0 Å². The maximum Gasteiger partial charge on any atom is 0.223 e. The summed E-state index contributed by atoms with van der Waals surface area (Å²) < 4.78 is 5.48. The minimum Gasteiger partial charge on any atom is -0.491 e. The number of nitrogens with two attached hydrogens (primary N) is 1. The average molecular weight is 285 g/mol. The summed E-state index contributed by atoms with van der Waals surface area (Å²) in [6.07, 6.45) is 2.05. The highest BCUT2D eigenvalue weighted by molar-refractivity contribution is 5.76. The number of aromatic nitrogens is 1. The summed E-state index contributed by atoms with van der Waals surface area (Å²) >= 11 is 0.